The highest BCUT2D eigenvalue weighted by Gasteiger charge is 2.34. The third-order valence-electron chi connectivity index (χ3n) is 5.94. The van der Waals surface area contributed by atoms with Gasteiger partial charge in [-0.15, -0.1) is 0 Å². The lowest BCUT2D eigenvalue weighted by atomic mass is 10.0. The van der Waals surface area contributed by atoms with Crippen LogP contribution in [0, 0.1) is 5.82 Å². The van der Waals surface area contributed by atoms with Crippen LogP contribution < -0.4 is 4.74 Å². The van der Waals surface area contributed by atoms with Crippen molar-refractivity contribution in [2.24, 2.45) is 0 Å². The summed E-state index contributed by atoms with van der Waals surface area (Å²) in [6.07, 6.45) is 5.55. The highest BCUT2D eigenvalue weighted by Crippen LogP contribution is 2.22. The first kappa shape index (κ1) is 20.8. The Morgan fingerprint density at radius 1 is 1.23 bits per heavy atom. The third-order valence-corrected chi connectivity index (χ3v) is 5.94. The van der Waals surface area contributed by atoms with Crippen molar-refractivity contribution in [1.82, 2.24) is 19.4 Å². The minimum atomic E-state index is -0.293. The van der Waals surface area contributed by atoms with Crippen LogP contribution in [0.4, 0.5) is 4.39 Å². The molecule has 0 N–H and O–H groups in total. The minimum Gasteiger partial charge on any atom is -0.491 e. The number of piperidine rings is 1. The van der Waals surface area contributed by atoms with E-state index in [-0.39, 0.29) is 30.5 Å². The number of hydrogen-bond donors (Lipinski definition) is 0. The Labute approximate surface area is 176 Å². The number of carbonyl (C=O) groups is 1. The number of amides is 1. The van der Waals surface area contributed by atoms with Crippen LogP contribution in [-0.2, 0) is 22.6 Å². The molecule has 0 unspecified atom stereocenters. The lowest BCUT2D eigenvalue weighted by Crippen LogP contribution is -2.55. The molecular formula is C22H29FN4O3. The molecule has 3 heterocycles. The van der Waals surface area contributed by atoms with Crippen LogP contribution >= 0.6 is 0 Å². The van der Waals surface area contributed by atoms with Crippen molar-refractivity contribution in [1.29, 1.82) is 0 Å². The summed E-state index contributed by atoms with van der Waals surface area (Å²) in [5, 5.41) is 0. The van der Waals surface area contributed by atoms with Crippen LogP contribution in [0.15, 0.2) is 36.8 Å². The van der Waals surface area contributed by atoms with Gasteiger partial charge in [-0.1, -0.05) is 0 Å². The molecule has 1 aromatic carbocycles. The molecule has 1 amide bonds. The number of ether oxygens (including phenoxy) is 2. The van der Waals surface area contributed by atoms with Gasteiger partial charge in [-0.2, -0.15) is 0 Å². The van der Waals surface area contributed by atoms with Crippen LogP contribution in [-0.4, -0.2) is 70.3 Å². The summed E-state index contributed by atoms with van der Waals surface area (Å²) in [6, 6.07) is 6.17. The quantitative estimate of drug-likeness (QED) is 0.693. The van der Waals surface area contributed by atoms with E-state index in [9.17, 15) is 9.18 Å². The van der Waals surface area contributed by atoms with Gasteiger partial charge in [0.2, 0.25) is 5.91 Å². The Bertz CT molecular complexity index is 833. The number of nitrogens with zero attached hydrogens (tertiary/aromatic N) is 4. The molecule has 0 spiro atoms. The van der Waals surface area contributed by atoms with Crippen LogP contribution in [0.3, 0.4) is 0 Å². The van der Waals surface area contributed by atoms with E-state index in [1.807, 2.05) is 17.4 Å². The summed E-state index contributed by atoms with van der Waals surface area (Å²) in [5.41, 5.74) is 1.23. The average molecular weight is 416 g/mol. The Morgan fingerprint density at radius 3 is 2.73 bits per heavy atom. The van der Waals surface area contributed by atoms with E-state index < -0.39 is 0 Å². The van der Waals surface area contributed by atoms with Crippen LogP contribution in [0.5, 0.6) is 5.75 Å². The Kier molecular flexibility index (Phi) is 6.64. The maximum absolute atomic E-state index is 13.0. The number of benzene rings is 1. The summed E-state index contributed by atoms with van der Waals surface area (Å²) < 4.78 is 26.6. The molecule has 2 fully saturated rings. The summed E-state index contributed by atoms with van der Waals surface area (Å²) in [7, 11) is 0. The van der Waals surface area contributed by atoms with Gasteiger partial charge in [0.15, 0.2) is 0 Å². The Morgan fingerprint density at radius 2 is 2.00 bits per heavy atom. The lowest BCUT2D eigenvalue weighted by Gasteiger charge is -2.42. The molecular weight excluding hydrogens is 387 g/mol. The van der Waals surface area contributed by atoms with E-state index in [2.05, 4.69) is 21.4 Å². The number of halogens is 1. The second-order valence-corrected chi connectivity index (χ2v) is 7.92. The van der Waals surface area contributed by atoms with Gasteiger partial charge in [-0.25, -0.2) is 9.37 Å². The van der Waals surface area contributed by atoms with E-state index >= 15 is 0 Å². The SMILES string of the molecule is CCn1cncc1CN1CCC(N2C[C@@H](COc3ccc(F)cc3)OCC2=O)CC1. The molecule has 30 heavy (non-hydrogen) atoms. The van der Waals surface area contributed by atoms with Gasteiger partial charge in [0, 0.05) is 38.4 Å². The van der Waals surface area contributed by atoms with Crippen molar-refractivity contribution < 1.29 is 18.7 Å². The number of rotatable bonds is 7. The molecule has 1 aromatic heterocycles. The predicted molar refractivity (Wildman–Crippen MR) is 110 cm³/mol. The number of imidazole rings is 1. The van der Waals surface area contributed by atoms with Crippen molar-refractivity contribution in [3.63, 3.8) is 0 Å². The smallest absolute Gasteiger partial charge is 0.248 e. The number of aryl methyl sites for hydroxylation is 1. The molecule has 0 radical (unpaired) electrons. The number of hydrogen-bond acceptors (Lipinski definition) is 5. The third kappa shape index (κ3) is 4.99. The summed E-state index contributed by atoms with van der Waals surface area (Å²) >= 11 is 0. The van der Waals surface area contributed by atoms with Gasteiger partial charge >= 0.3 is 0 Å². The zero-order valence-corrected chi connectivity index (χ0v) is 17.4. The molecule has 2 aliphatic rings. The first-order valence-corrected chi connectivity index (χ1v) is 10.6. The van der Waals surface area contributed by atoms with E-state index in [0.29, 0.717) is 18.9 Å². The fourth-order valence-electron chi connectivity index (χ4n) is 4.20. The van der Waals surface area contributed by atoms with Crippen LogP contribution in [0.25, 0.3) is 0 Å². The topological polar surface area (TPSA) is 59.8 Å². The molecule has 2 aromatic rings. The van der Waals surface area contributed by atoms with Crippen molar-refractivity contribution in [2.75, 3.05) is 32.8 Å². The zero-order chi connectivity index (χ0) is 20.9. The fraction of sp³-hybridized carbons (Fsp3) is 0.545. The van der Waals surface area contributed by atoms with Crippen molar-refractivity contribution in [3.8, 4) is 5.75 Å². The standard InChI is InChI=1S/C22H29FN4O3/c1-2-26-16-24-11-19(26)12-25-9-7-18(8-10-25)27-13-21(30-15-22(27)28)14-29-20-5-3-17(23)4-6-20/h3-6,11,16,18,21H,2,7-10,12-15H2,1H3/t21-/m0/s1. The molecule has 0 saturated carbocycles. The molecule has 2 aliphatic heterocycles. The Hall–Kier alpha value is -2.45. The number of morpholine rings is 1. The van der Waals surface area contributed by atoms with Gasteiger partial charge in [0.1, 0.15) is 30.9 Å². The first-order valence-electron chi connectivity index (χ1n) is 10.6. The van der Waals surface area contributed by atoms with Gasteiger partial charge in [0.05, 0.1) is 18.6 Å². The molecule has 1 atom stereocenters. The van der Waals surface area contributed by atoms with Crippen molar-refractivity contribution in [3.05, 3.63) is 48.3 Å². The Balaban J connectivity index is 1.27. The highest BCUT2D eigenvalue weighted by molar-refractivity contribution is 5.78. The predicted octanol–water partition coefficient (Wildman–Crippen LogP) is 2.31. The largest absolute Gasteiger partial charge is 0.491 e. The number of carbonyl (C=O) groups excluding carboxylic acids is 1. The molecule has 0 bridgehead atoms. The molecule has 8 heteroatoms. The number of likely N-dealkylation sites (tertiary alicyclic amines) is 1. The van der Waals surface area contributed by atoms with E-state index in [4.69, 9.17) is 9.47 Å². The molecule has 162 valence electrons. The van der Waals surface area contributed by atoms with Crippen molar-refractivity contribution in [2.45, 2.75) is 45.0 Å². The van der Waals surface area contributed by atoms with Gasteiger partial charge in [0.25, 0.3) is 0 Å². The van der Waals surface area contributed by atoms with Gasteiger partial charge in [-0.05, 0) is 44.0 Å². The number of aromatic nitrogens is 2. The molecule has 0 aliphatic carbocycles. The normalized spacial score (nSPS) is 21.2. The van der Waals surface area contributed by atoms with E-state index in [1.54, 1.807) is 12.1 Å². The van der Waals surface area contributed by atoms with E-state index in [0.717, 1.165) is 39.0 Å². The summed E-state index contributed by atoms with van der Waals surface area (Å²) in [4.78, 5) is 21.1. The lowest BCUT2D eigenvalue weighted by molar-refractivity contribution is -0.155. The van der Waals surface area contributed by atoms with Gasteiger partial charge in [-0.3, -0.25) is 9.69 Å². The zero-order valence-electron chi connectivity index (χ0n) is 17.4. The monoisotopic (exact) mass is 416 g/mol. The maximum atomic E-state index is 13.0. The second kappa shape index (κ2) is 9.57. The first-order chi connectivity index (χ1) is 14.6. The molecule has 4 rings (SSSR count). The van der Waals surface area contributed by atoms with E-state index in [1.165, 1.54) is 17.8 Å². The average Bonchev–Trinajstić information content (AvgIpc) is 3.22. The molecule has 2 saturated heterocycles. The minimum absolute atomic E-state index is 0.0514. The van der Waals surface area contributed by atoms with Gasteiger partial charge < -0.3 is 18.9 Å². The maximum Gasteiger partial charge on any atom is 0.248 e. The fourth-order valence-corrected chi connectivity index (χ4v) is 4.20. The van der Waals surface area contributed by atoms with Crippen molar-refractivity contribution >= 4 is 5.91 Å². The van der Waals surface area contributed by atoms with Crippen LogP contribution in [0.1, 0.15) is 25.5 Å². The van der Waals surface area contributed by atoms with Crippen LogP contribution in [0.2, 0.25) is 0 Å². The second-order valence-electron chi connectivity index (χ2n) is 7.92. The molecule has 7 nitrogen and oxygen atoms in total. The highest BCUT2D eigenvalue weighted by atomic mass is 19.1. The summed E-state index contributed by atoms with van der Waals surface area (Å²) in [6.45, 7) is 6.83. The summed E-state index contributed by atoms with van der Waals surface area (Å²) in [5.74, 6) is 0.358.